The Kier molecular flexibility index (Phi) is 6.14. The first-order valence-electron chi connectivity index (χ1n) is 6.57. The summed E-state index contributed by atoms with van der Waals surface area (Å²) in [6.07, 6.45) is 0.759. The Bertz CT molecular complexity index is 576. The van der Waals surface area contributed by atoms with Crippen molar-refractivity contribution in [3.05, 3.63) is 29.8 Å². The van der Waals surface area contributed by atoms with Crippen LogP contribution in [0.25, 0.3) is 0 Å². The van der Waals surface area contributed by atoms with Crippen LogP contribution in [0.3, 0.4) is 0 Å². The zero-order chi connectivity index (χ0) is 15.2. The van der Waals surface area contributed by atoms with E-state index >= 15 is 0 Å². The summed E-state index contributed by atoms with van der Waals surface area (Å²) in [6.45, 7) is 3.49. The molecule has 5 nitrogen and oxygen atoms in total. The molecule has 20 heavy (non-hydrogen) atoms. The summed E-state index contributed by atoms with van der Waals surface area (Å²) < 4.78 is 26.6. The number of hydrogen-bond donors (Lipinski definition) is 0. The summed E-state index contributed by atoms with van der Waals surface area (Å²) in [4.78, 5) is 2.11. The molecule has 1 rings (SSSR count). The number of nitrogens with zero attached hydrogens (tertiary/aromatic N) is 3. The van der Waals surface area contributed by atoms with Gasteiger partial charge in [-0.15, -0.1) is 0 Å². The third kappa shape index (κ3) is 4.04. The van der Waals surface area contributed by atoms with Crippen molar-refractivity contribution in [1.29, 1.82) is 5.26 Å². The monoisotopic (exact) mass is 295 g/mol. The minimum absolute atomic E-state index is 0.0919. The third-order valence-corrected chi connectivity index (χ3v) is 5.02. The van der Waals surface area contributed by atoms with Gasteiger partial charge in [0.2, 0.25) is 10.0 Å². The van der Waals surface area contributed by atoms with E-state index in [1.807, 2.05) is 32.0 Å². The fraction of sp³-hybridized carbons (Fsp3) is 0.500. The van der Waals surface area contributed by atoms with Crippen LogP contribution in [0.1, 0.15) is 18.9 Å². The molecular weight excluding hydrogens is 274 g/mol. The fourth-order valence-electron chi connectivity index (χ4n) is 1.93. The third-order valence-electron chi connectivity index (χ3n) is 2.99. The van der Waals surface area contributed by atoms with Gasteiger partial charge in [0.25, 0.3) is 0 Å². The van der Waals surface area contributed by atoms with Crippen LogP contribution in [0.5, 0.6) is 0 Å². The standard InChI is InChI=1S/C14H21N3O2S/c1-4-17(11-7-10-16(2)3)20(18,19)14-9-6-5-8-13(14)12-15/h5-6,8-9H,4,7,10-11H2,1-3H3. The summed E-state index contributed by atoms with van der Waals surface area (Å²) in [5, 5.41) is 9.05. The minimum atomic E-state index is -3.60. The van der Waals surface area contributed by atoms with Gasteiger partial charge in [0.1, 0.15) is 6.07 Å². The van der Waals surface area contributed by atoms with Crippen LogP contribution < -0.4 is 0 Å². The van der Waals surface area contributed by atoms with E-state index in [-0.39, 0.29) is 10.5 Å². The number of nitriles is 1. The van der Waals surface area contributed by atoms with Crippen LogP contribution in [0.15, 0.2) is 29.2 Å². The Morgan fingerprint density at radius 2 is 1.85 bits per heavy atom. The zero-order valence-electron chi connectivity index (χ0n) is 12.2. The van der Waals surface area contributed by atoms with E-state index < -0.39 is 10.0 Å². The van der Waals surface area contributed by atoms with Crippen LogP contribution in [-0.4, -0.2) is 51.4 Å². The summed E-state index contributed by atoms with van der Waals surface area (Å²) in [5.41, 5.74) is 0.193. The van der Waals surface area contributed by atoms with Crippen LogP contribution in [0.2, 0.25) is 0 Å². The Labute approximate surface area is 121 Å². The second-order valence-electron chi connectivity index (χ2n) is 4.76. The molecular formula is C14H21N3O2S. The molecule has 1 aromatic rings. The second-order valence-corrected chi connectivity index (χ2v) is 6.67. The van der Waals surface area contributed by atoms with E-state index in [1.165, 1.54) is 16.4 Å². The molecule has 0 radical (unpaired) electrons. The average Bonchev–Trinajstić information content (AvgIpc) is 2.43. The predicted octanol–water partition coefficient (Wildman–Crippen LogP) is 1.52. The summed E-state index contributed by atoms with van der Waals surface area (Å²) in [7, 11) is 0.309. The lowest BCUT2D eigenvalue weighted by Gasteiger charge is -2.21. The normalized spacial score (nSPS) is 11.8. The van der Waals surface area contributed by atoms with Gasteiger partial charge in [-0.05, 0) is 39.2 Å². The molecule has 110 valence electrons. The number of sulfonamides is 1. The molecule has 0 fully saturated rings. The average molecular weight is 295 g/mol. The van der Waals surface area contributed by atoms with Crippen LogP contribution in [0.4, 0.5) is 0 Å². The SMILES string of the molecule is CCN(CCCN(C)C)S(=O)(=O)c1ccccc1C#N. The predicted molar refractivity (Wildman–Crippen MR) is 78.8 cm³/mol. The molecule has 0 atom stereocenters. The van der Waals surface area contributed by atoms with Crippen molar-refractivity contribution in [2.75, 3.05) is 33.7 Å². The molecule has 0 heterocycles. The minimum Gasteiger partial charge on any atom is -0.309 e. The molecule has 0 aliphatic carbocycles. The summed E-state index contributed by atoms with van der Waals surface area (Å²) in [6, 6.07) is 8.26. The molecule has 0 unspecified atom stereocenters. The van der Waals surface area contributed by atoms with Gasteiger partial charge < -0.3 is 4.90 Å². The number of rotatable bonds is 7. The van der Waals surface area contributed by atoms with Crippen molar-refractivity contribution in [2.45, 2.75) is 18.2 Å². The summed E-state index contributed by atoms with van der Waals surface area (Å²) in [5.74, 6) is 0. The Morgan fingerprint density at radius 3 is 2.40 bits per heavy atom. The first-order valence-corrected chi connectivity index (χ1v) is 8.01. The Balaban J connectivity index is 2.98. The highest BCUT2D eigenvalue weighted by Gasteiger charge is 2.25. The zero-order valence-corrected chi connectivity index (χ0v) is 13.0. The topological polar surface area (TPSA) is 64.4 Å². The first-order chi connectivity index (χ1) is 9.43. The molecule has 0 aliphatic heterocycles. The number of benzene rings is 1. The molecule has 0 bridgehead atoms. The van der Waals surface area contributed by atoms with Gasteiger partial charge in [-0.3, -0.25) is 0 Å². The maximum atomic E-state index is 12.6. The Morgan fingerprint density at radius 1 is 1.20 bits per heavy atom. The van der Waals surface area contributed by atoms with Crippen molar-refractivity contribution >= 4 is 10.0 Å². The maximum absolute atomic E-state index is 12.6. The van der Waals surface area contributed by atoms with E-state index in [9.17, 15) is 8.42 Å². The molecule has 0 saturated carbocycles. The quantitative estimate of drug-likeness (QED) is 0.765. The smallest absolute Gasteiger partial charge is 0.244 e. The molecule has 1 aromatic carbocycles. The summed E-state index contributed by atoms with van der Waals surface area (Å²) >= 11 is 0. The molecule has 0 spiro atoms. The van der Waals surface area contributed by atoms with Gasteiger partial charge in [0.05, 0.1) is 10.5 Å². The fourth-order valence-corrected chi connectivity index (χ4v) is 3.56. The van der Waals surface area contributed by atoms with E-state index in [0.29, 0.717) is 13.1 Å². The van der Waals surface area contributed by atoms with Gasteiger partial charge in [-0.2, -0.15) is 9.57 Å². The van der Waals surface area contributed by atoms with Gasteiger partial charge in [-0.1, -0.05) is 19.1 Å². The van der Waals surface area contributed by atoms with Gasteiger partial charge in [0, 0.05) is 13.1 Å². The van der Waals surface area contributed by atoms with Crippen molar-refractivity contribution in [2.24, 2.45) is 0 Å². The van der Waals surface area contributed by atoms with Crippen LogP contribution in [-0.2, 0) is 10.0 Å². The van der Waals surface area contributed by atoms with E-state index in [4.69, 9.17) is 5.26 Å². The molecule has 0 aliphatic rings. The van der Waals surface area contributed by atoms with Crippen molar-refractivity contribution in [3.8, 4) is 6.07 Å². The molecule has 6 heteroatoms. The molecule has 0 saturated heterocycles. The van der Waals surface area contributed by atoms with Gasteiger partial charge >= 0.3 is 0 Å². The van der Waals surface area contributed by atoms with Crippen LogP contribution in [0, 0.1) is 11.3 Å². The number of hydrogen-bond acceptors (Lipinski definition) is 4. The van der Waals surface area contributed by atoms with Gasteiger partial charge in [0.15, 0.2) is 0 Å². The Hall–Kier alpha value is -1.42. The van der Waals surface area contributed by atoms with Gasteiger partial charge in [-0.25, -0.2) is 8.42 Å². The highest BCUT2D eigenvalue weighted by atomic mass is 32.2. The van der Waals surface area contributed by atoms with Crippen molar-refractivity contribution < 1.29 is 8.42 Å². The highest BCUT2D eigenvalue weighted by molar-refractivity contribution is 7.89. The van der Waals surface area contributed by atoms with E-state index in [0.717, 1.165) is 13.0 Å². The molecule has 0 N–H and O–H groups in total. The second kappa shape index (κ2) is 7.39. The van der Waals surface area contributed by atoms with E-state index in [1.54, 1.807) is 12.1 Å². The van der Waals surface area contributed by atoms with Crippen LogP contribution >= 0.6 is 0 Å². The lowest BCUT2D eigenvalue weighted by Crippen LogP contribution is -2.33. The van der Waals surface area contributed by atoms with Crippen molar-refractivity contribution in [3.63, 3.8) is 0 Å². The largest absolute Gasteiger partial charge is 0.309 e. The maximum Gasteiger partial charge on any atom is 0.244 e. The lowest BCUT2D eigenvalue weighted by atomic mass is 10.2. The molecule has 0 aromatic heterocycles. The van der Waals surface area contributed by atoms with Crippen molar-refractivity contribution in [1.82, 2.24) is 9.21 Å². The van der Waals surface area contributed by atoms with E-state index in [2.05, 4.69) is 0 Å². The lowest BCUT2D eigenvalue weighted by molar-refractivity contribution is 0.356. The molecule has 0 amide bonds. The highest BCUT2D eigenvalue weighted by Crippen LogP contribution is 2.19. The first kappa shape index (κ1) is 16.6.